The van der Waals surface area contributed by atoms with Gasteiger partial charge in [-0.2, -0.15) is 8.42 Å². The number of hydrogen-bond acceptors (Lipinski definition) is 5. The molecule has 0 saturated heterocycles. The summed E-state index contributed by atoms with van der Waals surface area (Å²) >= 11 is 0. The second-order valence-electron chi connectivity index (χ2n) is 15.7. The van der Waals surface area contributed by atoms with Crippen molar-refractivity contribution in [3.8, 4) is 0 Å². The summed E-state index contributed by atoms with van der Waals surface area (Å²) in [6.45, 7) is 6.09. The minimum absolute atomic E-state index is 0.00764. The summed E-state index contributed by atoms with van der Waals surface area (Å²) in [7, 11) is -2.84. The average Bonchev–Trinajstić information content (AvgIpc) is 3.78. The first-order chi connectivity index (χ1) is 30.0. The zero-order chi connectivity index (χ0) is 43.1. The second-order valence-corrected chi connectivity index (χ2v) is 17.4. The van der Waals surface area contributed by atoms with Crippen LogP contribution in [0.3, 0.4) is 0 Å². The molecule has 0 bridgehead atoms. The van der Waals surface area contributed by atoms with Gasteiger partial charge in [0.2, 0.25) is 0 Å². The van der Waals surface area contributed by atoms with Crippen LogP contribution in [0.1, 0.15) is 61.2 Å². The predicted octanol–water partition coefficient (Wildman–Crippen LogP) is 12.2. The summed E-state index contributed by atoms with van der Waals surface area (Å²) in [5, 5.41) is 0. The van der Waals surface area contributed by atoms with Gasteiger partial charge in [-0.3, -0.25) is 13.8 Å². The molecule has 5 nitrogen and oxygen atoms in total. The smallest absolute Gasteiger partial charge is 0.289 e. The van der Waals surface area contributed by atoms with Crippen molar-refractivity contribution < 1.29 is 22.2 Å². The fourth-order valence-corrected chi connectivity index (χ4v) is 9.18. The molecule has 0 fully saturated rings. The molecule has 2 aliphatic carbocycles. The fraction of sp³-hybridized carbons (Fsp3) is 0.0714. The van der Waals surface area contributed by atoms with Crippen LogP contribution in [0.25, 0.3) is 44.6 Å². The van der Waals surface area contributed by atoms with E-state index in [-0.39, 0.29) is 16.5 Å². The number of ketones is 2. The molecule has 9 rings (SSSR count). The molecule has 0 heterocycles. The molecule has 0 N–H and O–H groups in total. The molecule has 0 unspecified atom stereocenters. The van der Waals surface area contributed by atoms with Crippen LogP contribution in [-0.2, 0) is 23.9 Å². The lowest BCUT2D eigenvalue weighted by atomic mass is 9.86. The first-order valence-electron chi connectivity index (χ1n) is 20.4. The molecule has 7 aromatic carbocycles. The van der Waals surface area contributed by atoms with E-state index in [9.17, 15) is 8.42 Å². The van der Waals surface area contributed by atoms with Gasteiger partial charge in [0.05, 0.1) is 12.0 Å². The third-order valence-corrected chi connectivity index (χ3v) is 13.0. The highest BCUT2D eigenvalue weighted by atomic mass is 32.2. The van der Waals surface area contributed by atoms with Crippen LogP contribution in [0.4, 0.5) is 0 Å². The van der Waals surface area contributed by atoms with Crippen LogP contribution in [0.5, 0.6) is 0 Å². The molecular weight excluding hydrogens is 785 g/mol. The number of aryl methyl sites for hydroxylation is 3. The average molecular weight is 827 g/mol. The van der Waals surface area contributed by atoms with Crippen molar-refractivity contribution in [3.63, 3.8) is 0 Å². The number of hydrogen-bond donors (Lipinski definition) is 0. The van der Waals surface area contributed by atoms with Gasteiger partial charge in [0.15, 0.2) is 11.6 Å². The van der Waals surface area contributed by atoms with Crippen molar-refractivity contribution in [2.75, 3.05) is 7.11 Å². The van der Waals surface area contributed by atoms with Gasteiger partial charge in [0.25, 0.3) is 10.1 Å². The number of allylic oxidation sites excluding steroid dienone is 8. The van der Waals surface area contributed by atoms with E-state index in [0.717, 1.165) is 85.0 Å². The summed E-state index contributed by atoms with van der Waals surface area (Å²) < 4.78 is 30.1. The molecule has 0 atom stereocenters. The first kappa shape index (κ1) is 40.2. The predicted molar refractivity (Wildman–Crippen MR) is 251 cm³/mol. The summed E-state index contributed by atoms with van der Waals surface area (Å²) in [4.78, 5) is 30.1. The van der Waals surface area contributed by atoms with Gasteiger partial charge in [-0.15, -0.1) is 0 Å². The lowest BCUT2D eigenvalue weighted by Crippen LogP contribution is -2.04. The van der Waals surface area contributed by atoms with Gasteiger partial charge < -0.3 is 0 Å². The van der Waals surface area contributed by atoms with Crippen LogP contribution < -0.4 is 0 Å². The third kappa shape index (κ3) is 7.23. The molecule has 0 saturated carbocycles. The molecule has 302 valence electrons. The molecule has 0 radical (unpaired) electrons. The van der Waals surface area contributed by atoms with Crippen molar-refractivity contribution in [2.24, 2.45) is 0 Å². The Morgan fingerprint density at radius 3 is 0.806 bits per heavy atom. The van der Waals surface area contributed by atoms with Crippen LogP contribution in [-0.4, -0.2) is 27.1 Å². The van der Waals surface area contributed by atoms with Crippen LogP contribution >= 0.6 is 0 Å². The van der Waals surface area contributed by atoms with E-state index in [4.69, 9.17) is 4.18 Å². The second kappa shape index (κ2) is 16.3. The highest BCUT2D eigenvalue weighted by molar-refractivity contribution is 7.86. The maximum absolute atomic E-state index is 15.1. The zero-order valence-corrected chi connectivity index (χ0v) is 35.6. The Morgan fingerprint density at radius 1 is 0.306 bits per heavy atom. The van der Waals surface area contributed by atoms with Gasteiger partial charge in [-0.25, -0.2) is 0 Å². The van der Waals surface area contributed by atoms with Crippen molar-refractivity contribution in [1.82, 2.24) is 0 Å². The Bertz CT molecular complexity index is 3130. The van der Waals surface area contributed by atoms with Gasteiger partial charge >= 0.3 is 0 Å². The molecule has 7 aromatic rings. The van der Waals surface area contributed by atoms with Crippen molar-refractivity contribution in [2.45, 2.75) is 25.7 Å². The van der Waals surface area contributed by atoms with E-state index in [1.165, 1.54) is 12.1 Å². The lowest BCUT2D eigenvalue weighted by Gasteiger charge is -2.16. The zero-order valence-electron chi connectivity index (χ0n) is 34.8. The number of benzene rings is 7. The fourth-order valence-electron chi connectivity index (χ4n) is 8.52. The highest BCUT2D eigenvalue weighted by Gasteiger charge is 2.38. The number of rotatable bonds is 10. The van der Waals surface area contributed by atoms with E-state index >= 15 is 9.59 Å². The van der Waals surface area contributed by atoms with Crippen LogP contribution in [0.2, 0.25) is 0 Å². The Hall–Kier alpha value is -7.25. The molecule has 6 heteroatoms. The normalized spacial score (nSPS) is 14.5. The van der Waals surface area contributed by atoms with E-state index in [1.54, 1.807) is 12.1 Å². The maximum atomic E-state index is 15.1. The molecule has 62 heavy (non-hydrogen) atoms. The highest BCUT2D eigenvalue weighted by Crippen LogP contribution is 2.52. The Labute approximate surface area is 362 Å². The topological polar surface area (TPSA) is 77.5 Å². The summed E-state index contributed by atoms with van der Waals surface area (Å²) in [5.41, 5.74) is 15.2. The van der Waals surface area contributed by atoms with E-state index < -0.39 is 10.1 Å². The molecule has 2 aliphatic rings. The van der Waals surface area contributed by atoms with E-state index in [2.05, 4.69) is 12.1 Å². The van der Waals surface area contributed by atoms with Crippen LogP contribution in [0, 0.1) is 20.8 Å². The molecule has 0 amide bonds. The Balaban J connectivity index is 1.30. The third-order valence-electron chi connectivity index (χ3n) is 11.7. The van der Waals surface area contributed by atoms with Gasteiger partial charge in [-0.05, 0) is 77.4 Å². The molecular formula is C56H42O5S. The summed E-state index contributed by atoms with van der Waals surface area (Å²) in [6, 6.07) is 58.6. The number of Topliss-reactive ketones (excluding diaryl/α,β-unsaturated/α-hetero) is 2. The minimum Gasteiger partial charge on any atom is -0.289 e. The SMILES string of the molecule is COS(=O)(=O)c1ccc(C2=C(c3ccc(C4=C(c5ccc(C)cc5)C(=O)C(c5ccc(C)cc5)=C4c4ccccc4)cc3)C(c3ccccc3)=C(c3ccc(C)cc3)C2=O)cc1. The summed E-state index contributed by atoms with van der Waals surface area (Å²) in [6.07, 6.45) is 0. The number of carbonyl (C=O) groups is 2. The van der Waals surface area contributed by atoms with E-state index in [1.807, 2.05) is 166 Å². The van der Waals surface area contributed by atoms with Gasteiger partial charge in [-0.1, -0.05) is 187 Å². The van der Waals surface area contributed by atoms with Crippen molar-refractivity contribution in [1.29, 1.82) is 0 Å². The quantitative estimate of drug-likeness (QED) is 0.128. The van der Waals surface area contributed by atoms with Crippen molar-refractivity contribution >= 4 is 66.3 Å². The molecule has 0 spiro atoms. The largest absolute Gasteiger partial charge is 0.296 e. The molecule has 0 aliphatic heterocycles. The molecule has 0 aromatic heterocycles. The van der Waals surface area contributed by atoms with Gasteiger partial charge in [0, 0.05) is 44.6 Å². The van der Waals surface area contributed by atoms with Gasteiger partial charge in [0.1, 0.15) is 0 Å². The lowest BCUT2D eigenvalue weighted by molar-refractivity contribution is -0.109. The van der Waals surface area contributed by atoms with Crippen molar-refractivity contribution in [3.05, 3.63) is 243 Å². The summed E-state index contributed by atoms with van der Waals surface area (Å²) in [5.74, 6) is -0.213. The minimum atomic E-state index is -3.96. The Morgan fingerprint density at radius 2 is 0.532 bits per heavy atom. The first-order valence-corrected chi connectivity index (χ1v) is 21.9. The number of carbonyl (C=O) groups excluding carboxylic acids is 2. The standard InChI is InChI=1S/C56H42O5S/c1-35-15-21-42(22-16-35)51-47(38-11-7-5-8-12-38)49(53(55(51)57)44-25-19-37(3)20-26-44)40-27-29-41(30-28-40)50-48(39-13-9-6-10-14-39)52(43-23-17-36(2)18-24-43)56(58)54(50)45-31-33-46(34-32-45)62(59,60)61-4/h5-34H,1-4H3. The van der Waals surface area contributed by atoms with E-state index in [0.29, 0.717) is 27.9 Å². The van der Waals surface area contributed by atoms with Crippen LogP contribution in [0.15, 0.2) is 187 Å². The monoisotopic (exact) mass is 826 g/mol. The maximum Gasteiger partial charge on any atom is 0.296 e. The Kier molecular flexibility index (Phi) is 10.6.